The number of amides is 1. The van der Waals surface area contributed by atoms with E-state index >= 15 is 0 Å². The van der Waals surface area contributed by atoms with Crippen molar-refractivity contribution in [1.82, 2.24) is 15.3 Å². The molecule has 0 radical (unpaired) electrons. The van der Waals surface area contributed by atoms with Gasteiger partial charge >= 0.3 is 0 Å². The Bertz CT molecular complexity index is 1050. The van der Waals surface area contributed by atoms with Crippen LogP contribution in [-0.2, 0) is 16.1 Å². The largest absolute Gasteiger partial charge is 0.378 e. The highest BCUT2D eigenvalue weighted by atomic mass is 32.2. The summed E-state index contributed by atoms with van der Waals surface area (Å²) < 4.78 is 5.42. The van der Waals surface area contributed by atoms with Gasteiger partial charge in [0.25, 0.3) is 0 Å². The number of rotatable bonds is 8. The van der Waals surface area contributed by atoms with Crippen molar-refractivity contribution < 1.29 is 9.53 Å². The molecule has 1 aliphatic rings. The van der Waals surface area contributed by atoms with Gasteiger partial charge in [0.15, 0.2) is 0 Å². The molecule has 2 aromatic carbocycles. The van der Waals surface area contributed by atoms with Crippen molar-refractivity contribution in [2.75, 3.05) is 36.5 Å². The molecular weight excluding hydrogens is 422 g/mol. The van der Waals surface area contributed by atoms with Gasteiger partial charge in [-0.2, -0.15) is 0 Å². The van der Waals surface area contributed by atoms with E-state index < -0.39 is 0 Å². The van der Waals surface area contributed by atoms with Gasteiger partial charge in [-0.1, -0.05) is 30.5 Å². The number of benzene rings is 2. The van der Waals surface area contributed by atoms with E-state index in [0.717, 1.165) is 47.5 Å². The first-order chi connectivity index (χ1) is 15.7. The molecule has 1 amide bonds. The summed E-state index contributed by atoms with van der Waals surface area (Å²) >= 11 is 1.56. The lowest BCUT2D eigenvalue weighted by Gasteiger charge is -2.28. The Kier molecular flexibility index (Phi) is 7.37. The van der Waals surface area contributed by atoms with Crippen LogP contribution in [0.3, 0.4) is 0 Å². The second-order valence-electron chi connectivity index (χ2n) is 7.16. The minimum atomic E-state index is -0.180. The lowest BCUT2D eigenvalue weighted by molar-refractivity contribution is -0.116. The Morgan fingerprint density at radius 1 is 1.09 bits per heavy atom. The maximum absolute atomic E-state index is 11.3. The molecule has 2 N–H and O–H groups in total. The summed E-state index contributed by atoms with van der Waals surface area (Å²) in [5, 5.41) is 6.89. The van der Waals surface area contributed by atoms with Crippen molar-refractivity contribution in [2.45, 2.75) is 16.5 Å². The third-order valence-corrected chi connectivity index (χ3v) is 5.87. The van der Waals surface area contributed by atoms with E-state index in [1.165, 1.54) is 11.8 Å². The van der Waals surface area contributed by atoms with Crippen LogP contribution in [0, 0.1) is 0 Å². The summed E-state index contributed by atoms with van der Waals surface area (Å²) in [4.78, 5) is 23.6. The number of hydrogen-bond donors (Lipinski definition) is 2. The van der Waals surface area contributed by atoms with E-state index in [4.69, 9.17) is 4.74 Å². The van der Waals surface area contributed by atoms with Crippen molar-refractivity contribution in [3.05, 3.63) is 79.0 Å². The van der Waals surface area contributed by atoms with Gasteiger partial charge in [-0.15, -0.1) is 0 Å². The minimum Gasteiger partial charge on any atom is -0.378 e. The van der Waals surface area contributed by atoms with Crippen LogP contribution in [0.15, 0.2) is 83.4 Å². The fourth-order valence-electron chi connectivity index (χ4n) is 3.22. The Balaban J connectivity index is 1.35. The summed E-state index contributed by atoms with van der Waals surface area (Å²) in [7, 11) is 0. The number of carbonyl (C=O) groups excluding carboxylic acids is 1. The Hall–Kier alpha value is -3.36. The van der Waals surface area contributed by atoms with Gasteiger partial charge in [-0.25, -0.2) is 9.97 Å². The molecule has 8 heteroatoms. The molecule has 7 nitrogen and oxygen atoms in total. The quantitative estimate of drug-likeness (QED) is 0.399. The van der Waals surface area contributed by atoms with Crippen molar-refractivity contribution >= 4 is 35.0 Å². The predicted molar refractivity (Wildman–Crippen MR) is 127 cm³/mol. The van der Waals surface area contributed by atoms with Crippen molar-refractivity contribution in [3.8, 4) is 0 Å². The third-order valence-electron chi connectivity index (χ3n) is 4.93. The number of carbonyl (C=O) groups is 1. The maximum Gasteiger partial charge on any atom is 0.243 e. The summed E-state index contributed by atoms with van der Waals surface area (Å²) in [5.74, 6) is 0.373. The molecule has 2 heterocycles. The first-order valence-corrected chi connectivity index (χ1v) is 11.2. The second-order valence-corrected chi connectivity index (χ2v) is 8.25. The molecule has 1 aromatic heterocycles. The van der Waals surface area contributed by atoms with Crippen LogP contribution in [0.1, 0.15) is 5.56 Å². The van der Waals surface area contributed by atoms with Crippen LogP contribution in [0.4, 0.5) is 17.3 Å². The van der Waals surface area contributed by atoms with E-state index in [9.17, 15) is 4.79 Å². The van der Waals surface area contributed by atoms with Crippen molar-refractivity contribution in [3.63, 3.8) is 0 Å². The molecule has 4 rings (SSSR count). The van der Waals surface area contributed by atoms with E-state index in [2.05, 4.69) is 44.2 Å². The summed E-state index contributed by atoms with van der Waals surface area (Å²) in [6.07, 6.45) is 3.02. The molecule has 0 bridgehead atoms. The lowest BCUT2D eigenvalue weighted by Crippen LogP contribution is -2.36. The smallest absolute Gasteiger partial charge is 0.243 e. The number of nitrogens with zero attached hydrogens (tertiary/aromatic N) is 3. The molecule has 32 heavy (non-hydrogen) atoms. The van der Waals surface area contributed by atoms with Gasteiger partial charge in [-0.3, -0.25) is 4.79 Å². The molecule has 0 aliphatic carbocycles. The van der Waals surface area contributed by atoms with Gasteiger partial charge in [0.05, 0.1) is 13.2 Å². The summed E-state index contributed by atoms with van der Waals surface area (Å²) in [6.45, 7) is 7.30. The standard InChI is InChI=1S/C24H25N5O2S/c1-2-22(30)26-17-18-3-9-21(10-4-18)32-23-11-12-25-24(28-23)27-19-5-7-20(8-6-19)29-13-15-31-16-14-29/h2-12H,1,13-17H2,(H,26,30)(H,25,27,28). The van der Waals surface area contributed by atoms with E-state index in [0.29, 0.717) is 12.5 Å². The zero-order valence-corrected chi connectivity index (χ0v) is 18.5. The van der Waals surface area contributed by atoms with E-state index in [-0.39, 0.29) is 5.91 Å². The normalized spacial score (nSPS) is 13.4. The van der Waals surface area contributed by atoms with Crippen molar-refractivity contribution in [1.29, 1.82) is 0 Å². The average molecular weight is 448 g/mol. The van der Waals surface area contributed by atoms with E-state index in [1.807, 2.05) is 42.5 Å². The number of nitrogens with one attached hydrogen (secondary N) is 2. The molecule has 3 aromatic rings. The molecule has 1 saturated heterocycles. The third kappa shape index (κ3) is 6.09. The molecule has 1 aliphatic heterocycles. The fourth-order valence-corrected chi connectivity index (χ4v) is 4.00. The average Bonchev–Trinajstić information content (AvgIpc) is 2.85. The Morgan fingerprint density at radius 2 is 1.84 bits per heavy atom. The Morgan fingerprint density at radius 3 is 2.56 bits per heavy atom. The van der Waals surface area contributed by atoms with Gasteiger partial charge < -0.3 is 20.3 Å². The SMILES string of the molecule is C=CC(=O)NCc1ccc(Sc2ccnc(Nc3ccc(N4CCOCC4)cc3)n2)cc1. The zero-order valence-electron chi connectivity index (χ0n) is 17.7. The highest BCUT2D eigenvalue weighted by Gasteiger charge is 2.11. The fraction of sp³-hybridized carbons (Fsp3) is 0.208. The zero-order chi connectivity index (χ0) is 22.2. The minimum absolute atomic E-state index is 0.180. The van der Waals surface area contributed by atoms with Crippen LogP contribution >= 0.6 is 11.8 Å². The van der Waals surface area contributed by atoms with Crippen LogP contribution < -0.4 is 15.5 Å². The van der Waals surface area contributed by atoms with Crippen LogP contribution in [0.5, 0.6) is 0 Å². The van der Waals surface area contributed by atoms with Gasteiger partial charge in [-0.05, 0) is 54.1 Å². The molecule has 0 saturated carbocycles. The first-order valence-electron chi connectivity index (χ1n) is 10.4. The van der Waals surface area contributed by atoms with Crippen LogP contribution in [-0.4, -0.2) is 42.2 Å². The van der Waals surface area contributed by atoms with Crippen LogP contribution in [0.2, 0.25) is 0 Å². The predicted octanol–water partition coefficient (Wildman–Crippen LogP) is 4.01. The van der Waals surface area contributed by atoms with Crippen LogP contribution in [0.25, 0.3) is 0 Å². The molecule has 164 valence electrons. The topological polar surface area (TPSA) is 79.4 Å². The van der Waals surface area contributed by atoms with Gasteiger partial charge in [0, 0.05) is 42.1 Å². The lowest BCUT2D eigenvalue weighted by atomic mass is 10.2. The Labute approximate surface area is 191 Å². The highest BCUT2D eigenvalue weighted by molar-refractivity contribution is 7.99. The molecule has 0 spiro atoms. The number of ether oxygens (including phenoxy) is 1. The second kappa shape index (κ2) is 10.8. The first kappa shape index (κ1) is 21.9. The number of morpholine rings is 1. The number of hydrogen-bond acceptors (Lipinski definition) is 7. The molecule has 0 atom stereocenters. The number of aromatic nitrogens is 2. The maximum atomic E-state index is 11.3. The number of anilines is 3. The summed E-state index contributed by atoms with van der Waals surface area (Å²) in [6, 6.07) is 18.2. The monoisotopic (exact) mass is 447 g/mol. The van der Waals surface area contributed by atoms with Crippen molar-refractivity contribution in [2.24, 2.45) is 0 Å². The molecule has 0 unspecified atom stereocenters. The highest BCUT2D eigenvalue weighted by Crippen LogP contribution is 2.27. The van der Waals surface area contributed by atoms with Gasteiger partial charge in [0.2, 0.25) is 11.9 Å². The molecular formula is C24H25N5O2S. The summed E-state index contributed by atoms with van der Waals surface area (Å²) in [5.41, 5.74) is 3.15. The van der Waals surface area contributed by atoms with E-state index in [1.54, 1.807) is 18.0 Å². The molecule has 1 fully saturated rings. The van der Waals surface area contributed by atoms with Gasteiger partial charge in [0.1, 0.15) is 5.03 Å².